The Morgan fingerprint density at radius 3 is 3.00 bits per heavy atom. The molecule has 0 aliphatic rings. The Labute approximate surface area is 117 Å². The molecule has 0 radical (unpaired) electrons. The molecule has 0 spiro atoms. The number of rotatable bonds is 2. The minimum Gasteiger partial charge on any atom is -0.444 e. The van der Waals surface area contributed by atoms with Crippen molar-refractivity contribution in [1.82, 2.24) is 9.38 Å². The van der Waals surface area contributed by atoms with Gasteiger partial charge in [0.1, 0.15) is 0 Å². The fraction of sp³-hybridized carbons (Fsp3) is 0.0769. The fourth-order valence-electron chi connectivity index (χ4n) is 1.85. The molecule has 0 unspecified atom stereocenters. The highest BCUT2D eigenvalue weighted by Gasteiger charge is 2.13. The number of nitrogens with zero attached hydrogens (tertiary/aromatic N) is 2. The summed E-state index contributed by atoms with van der Waals surface area (Å²) in [5.41, 5.74) is 2.24. The van der Waals surface area contributed by atoms with E-state index in [0.717, 1.165) is 5.69 Å². The summed E-state index contributed by atoms with van der Waals surface area (Å²) in [4.78, 5) is 16.4. The first kappa shape index (κ1) is 12.0. The highest BCUT2D eigenvalue weighted by molar-refractivity contribution is 9.10. The topological polar surface area (TPSA) is 59.5 Å². The number of imidazole rings is 1. The Hall–Kier alpha value is -2.08. The second-order valence-electron chi connectivity index (χ2n) is 4.09. The second kappa shape index (κ2) is 4.55. The van der Waals surface area contributed by atoms with Crippen LogP contribution in [0.4, 0.5) is 5.69 Å². The van der Waals surface area contributed by atoms with Gasteiger partial charge in [-0.15, -0.1) is 0 Å². The van der Waals surface area contributed by atoms with Crippen molar-refractivity contribution in [1.29, 1.82) is 0 Å². The normalized spacial score (nSPS) is 10.8. The number of pyridine rings is 1. The van der Waals surface area contributed by atoms with Gasteiger partial charge in [-0.25, -0.2) is 4.98 Å². The predicted molar refractivity (Wildman–Crippen MR) is 74.3 cm³/mol. The summed E-state index contributed by atoms with van der Waals surface area (Å²) in [6.07, 6.45) is 3.78. The van der Waals surface area contributed by atoms with Gasteiger partial charge in [0.15, 0.2) is 16.1 Å². The van der Waals surface area contributed by atoms with Gasteiger partial charge in [0.25, 0.3) is 5.91 Å². The van der Waals surface area contributed by atoms with Crippen LogP contribution in [0.5, 0.6) is 0 Å². The van der Waals surface area contributed by atoms with Crippen LogP contribution in [0.3, 0.4) is 0 Å². The number of carbonyl (C=O) groups excluding carboxylic acids is 1. The number of aromatic nitrogens is 2. The van der Waals surface area contributed by atoms with E-state index in [1.165, 1.54) is 0 Å². The SMILES string of the molecule is Cc1cn2cccc(NC(=O)c3ccc(Br)o3)c2n1. The highest BCUT2D eigenvalue weighted by Crippen LogP contribution is 2.19. The van der Waals surface area contributed by atoms with Crippen LogP contribution in [0, 0.1) is 6.92 Å². The van der Waals surface area contributed by atoms with Crippen LogP contribution in [0.1, 0.15) is 16.2 Å². The molecule has 0 saturated heterocycles. The molecule has 0 aliphatic carbocycles. The molecule has 5 nitrogen and oxygen atoms in total. The van der Waals surface area contributed by atoms with Crippen LogP contribution in [-0.4, -0.2) is 15.3 Å². The van der Waals surface area contributed by atoms with Crippen LogP contribution in [0.2, 0.25) is 0 Å². The lowest BCUT2D eigenvalue weighted by molar-refractivity contribution is 0.0995. The zero-order chi connectivity index (χ0) is 13.4. The maximum Gasteiger partial charge on any atom is 0.291 e. The van der Waals surface area contributed by atoms with Gasteiger partial charge in [0, 0.05) is 12.4 Å². The third-order valence-corrected chi connectivity index (χ3v) is 3.07. The van der Waals surface area contributed by atoms with Gasteiger partial charge in [-0.3, -0.25) is 4.79 Å². The van der Waals surface area contributed by atoms with Gasteiger partial charge in [-0.05, 0) is 47.1 Å². The second-order valence-corrected chi connectivity index (χ2v) is 4.87. The fourth-order valence-corrected chi connectivity index (χ4v) is 2.16. The van der Waals surface area contributed by atoms with E-state index in [2.05, 4.69) is 26.2 Å². The van der Waals surface area contributed by atoms with E-state index in [4.69, 9.17) is 4.42 Å². The molecule has 0 aliphatic heterocycles. The number of aryl methyl sites for hydroxylation is 1. The van der Waals surface area contributed by atoms with Crippen molar-refractivity contribution in [2.45, 2.75) is 6.92 Å². The summed E-state index contributed by atoms with van der Waals surface area (Å²) < 4.78 is 7.60. The maximum atomic E-state index is 12.0. The molecule has 0 bridgehead atoms. The van der Waals surface area contributed by atoms with Crippen LogP contribution in [-0.2, 0) is 0 Å². The van der Waals surface area contributed by atoms with Crippen molar-refractivity contribution in [3.8, 4) is 0 Å². The summed E-state index contributed by atoms with van der Waals surface area (Å²) in [5, 5.41) is 2.79. The first-order valence-electron chi connectivity index (χ1n) is 5.64. The predicted octanol–water partition coefficient (Wildman–Crippen LogP) is 3.25. The highest BCUT2D eigenvalue weighted by atomic mass is 79.9. The summed E-state index contributed by atoms with van der Waals surface area (Å²) in [6.45, 7) is 1.91. The van der Waals surface area contributed by atoms with Gasteiger partial charge >= 0.3 is 0 Å². The third kappa shape index (κ3) is 2.26. The van der Waals surface area contributed by atoms with E-state index in [1.807, 2.05) is 29.8 Å². The maximum absolute atomic E-state index is 12.0. The lowest BCUT2D eigenvalue weighted by atomic mass is 10.3. The number of hydrogen-bond donors (Lipinski definition) is 1. The average Bonchev–Trinajstić information content (AvgIpc) is 2.95. The lowest BCUT2D eigenvalue weighted by Gasteiger charge is -2.04. The lowest BCUT2D eigenvalue weighted by Crippen LogP contribution is -2.11. The van der Waals surface area contributed by atoms with Crippen LogP contribution < -0.4 is 5.32 Å². The summed E-state index contributed by atoms with van der Waals surface area (Å²) in [7, 11) is 0. The van der Waals surface area contributed by atoms with Gasteiger partial charge in [-0.1, -0.05) is 0 Å². The molecular formula is C13H10BrN3O2. The molecule has 1 amide bonds. The van der Waals surface area contributed by atoms with Crippen molar-refractivity contribution in [3.63, 3.8) is 0 Å². The van der Waals surface area contributed by atoms with E-state index >= 15 is 0 Å². The Kier molecular flexibility index (Phi) is 2.87. The molecule has 19 heavy (non-hydrogen) atoms. The number of fused-ring (bicyclic) bond motifs is 1. The Morgan fingerprint density at radius 2 is 2.26 bits per heavy atom. The molecule has 96 valence electrons. The van der Waals surface area contributed by atoms with Crippen molar-refractivity contribution in [2.75, 3.05) is 5.32 Å². The van der Waals surface area contributed by atoms with Crippen molar-refractivity contribution >= 4 is 33.2 Å². The summed E-state index contributed by atoms with van der Waals surface area (Å²) in [6, 6.07) is 6.94. The van der Waals surface area contributed by atoms with E-state index < -0.39 is 0 Å². The molecule has 3 aromatic rings. The first-order valence-corrected chi connectivity index (χ1v) is 6.44. The van der Waals surface area contributed by atoms with Crippen molar-refractivity contribution in [2.24, 2.45) is 0 Å². The van der Waals surface area contributed by atoms with E-state index in [1.54, 1.807) is 18.2 Å². The van der Waals surface area contributed by atoms with Crippen molar-refractivity contribution < 1.29 is 9.21 Å². The van der Waals surface area contributed by atoms with Gasteiger partial charge in [0.2, 0.25) is 0 Å². The summed E-state index contributed by atoms with van der Waals surface area (Å²) >= 11 is 3.17. The molecular weight excluding hydrogens is 310 g/mol. The van der Waals surface area contributed by atoms with Crippen LogP contribution in [0.15, 0.2) is 45.7 Å². The monoisotopic (exact) mass is 319 g/mol. The summed E-state index contributed by atoms with van der Waals surface area (Å²) in [5.74, 6) is -0.0587. The molecule has 3 rings (SSSR count). The van der Waals surface area contributed by atoms with Crippen LogP contribution >= 0.6 is 15.9 Å². The number of furan rings is 1. The zero-order valence-corrected chi connectivity index (χ0v) is 11.6. The van der Waals surface area contributed by atoms with E-state index in [-0.39, 0.29) is 11.7 Å². The Morgan fingerprint density at radius 1 is 1.42 bits per heavy atom. The average molecular weight is 320 g/mol. The molecule has 6 heteroatoms. The zero-order valence-electron chi connectivity index (χ0n) is 10.1. The number of hydrogen-bond acceptors (Lipinski definition) is 3. The van der Waals surface area contributed by atoms with Gasteiger partial charge in [0.05, 0.1) is 11.4 Å². The molecule has 3 heterocycles. The van der Waals surface area contributed by atoms with Gasteiger partial charge < -0.3 is 14.1 Å². The number of carbonyl (C=O) groups is 1. The van der Waals surface area contributed by atoms with E-state index in [9.17, 15) is 4.79 Å². The Bertz CT molecular complexity index is 760. The largest absolute Gasteiger partial charge is 0.444 e. The minimum atomic E-state index is -0.306. The number of halogens is 1. The molecule has 1 N–H and O–H groups in total. The molecule has 0 atom stereocenters. The number of anilines is 1. The molecule has 0 fully saturated rings. The van der Waals surface area contributed by atoms with Gasteiger partial charge in [-0.2, -0.15) is 0 Å². The number of nitrogens with one attached hydrogen (secondary N) is 1. The third-order valence-electron chi connectivity index (χ3n) is 2.65. The smallest absolute Gasteiger partial charge is 0.291 e. The minimum absolute atomic E-state index is 0.247. The Balaban J connectivity index is 1.95. The molecule has 3 aromatic heterocycles. The van der Waals surface area contributed by atoms with Crippen LogP contribution in [0.25, 0.3) is 5.65 Å². The van der Waals surface area contributed by atoms with Crippen molar-refractivity contribution in [3.05, 3.63) is 52.8 Å². The molecule has 0 saturated carbocycles. The van der Waals surface area contributed by atoms with E-state index in [0.29, 0.717) is 16.0 Å². The quantitative estimate of drug-likeness (QED) is 0.788. The molecule has 0 aromatic carbocycles. The standard InChI is InChI=1S/C13H10BrN3O2/c1-8-7-17-6-2-3-9(12(17)15-8)16-13(18)10-4-5-11(14)19-10/h2-7H,1H3,(H,16,18). The first-order chi connectivity index (χ1) is 9.13. The number of amides is 1.